The summed E-state index contributed by atoms with van der Waals surface area (Å²) in [4.78, 5) is 16.0. The minimum atomic E-state index is -0.539. The summed E-state index contributed by atoms with van der Waals surface area (Å²) in [6.45, 7) is 6.67. The number of aliphatic hydroxyl groups excluding tert-OH is 1. The van der Waals surface area contributed by atoms with Gasteiger partial charge in [-0.1, -0.05) is 29.8 Å². The Kier molecular flexibility index (Phi) is 5.62. The maximum Gasteiger partial charge on any atom is 0.240 e. The number of benzene rings is 1. The zero-order chi connectivity index (χ0) is 15.4. The summed E-state index contributed by atoms with van der Waals surface area (Å²) in [5, 5.41) is 9.01. The van der Waals surface area contributed by atoms with Crippen LogP contribution >= 0.6 is 11.6 Å². The van der Waals surface area contributed by atoms with E-state index in [9.17, 15) is 9.90 Å². The lowest BCUT2D eigenvalue weighted by molar-refractivity contribution is -0.136. The second-order valence-electron chi connectivity index (χ2n) is 5.70. The maximum atomic E-state index is 12.0. The van der Waals surface area contributed by atoms with Crippen LogP contribution in [0.5, 0.6) is 0 Å². The Morgan fingerprint density at radius 2 is 2.05 bits per heavy atom. The topological polar surface area (TPSA) is 43.8 Å². The third-order valence-corrected chi connectivity index (χ3v) is 4.11. The van der Waals surface area contributed by atoms with E-state index in [0.29, 0.717) is 13.1 Å². The van der Waals surface area contributed by atoms with E-state index in [0.717, 1.165) is 13.1 Å². The molecule has 1 aromatic rings. The molecule has 1 aliphatic heterocycles. The Bertz CT molecular complexity index is 476. The van der Waals surface area contributed by atoms with Crippen LogP contribution < -0.4 is 0 Å². The molecular weight excluding hydrogens is 288 g/mol. The monoisotopic (exact) mass is 310 g/mol. The van der Waals surface area contributed by atoms with Crippen LogP contribution in [0.1, 0.15) is 18.1 Å². The molecule has 0 saturated carbocycles. The Morgan fingerprint density at radius 3 is 2.62 bits per heavy atom. The van der Waals surface area contributed by atoms with Crippen LogP contribution in [0.3, 0.4) is 0 Å². The summed E-state index contributed by atoms with van der Waals surface area (Å²) in [6, 6.07) is 8.29. The Balaban J connectivity index is 1.97. The van der Waals surface area contributed by atoms with Crippen molar-refractivity contribution in [3.8, 4) is 0 Å². The van der Waals surface area contributed by atoms with E-state index in [2.05, 4.69) is 36.1 Å². The number of alkyl halides is 1. The first-order valence-electron chi connectivity index (χ1n) is 7.34. The van der Waals surface area contributed by atoms with E-state index in [1.54, 1.807) is 11.8 Å². The highest BCUT2D eigenvalue weighted by Gasteiger charge is 2.31. The molecule has 1 amide bonds. The van der Waals surface area contributed by atoms with Gasteiger partial charge in [0.15, 0.2) is 0 Å². The lowest BCUT2D eigenvalue weighted by Crippen LogP contribution is -2.57. The molecule has 2 atom stereocenters. The van der Waals surface area contributed by atoms with Crippen LogP contribution in [-0.2, 0) is 11.3 Å². The highest BCUT2D eigenvalue weighted by molar-refractivity contribution is 6.30. The van der Waals surface area contributed by atoms with Gasteiger partial charge >= 0.3 is 0 Å². The van der Waals surface area contributed by atoms with Gasteiger partial charge in [-0.25, -0.2) is 0 Å². The van der Waals surface area contributed by atoms with Gasteiger partial charge in [-0.05, 0) is 19.4 Å². The van der Waals surface area contributed by atoms with Gasteiger partial charge in [0.2, 0.25) is 5.91 Å². The summed E-state index contributed by atoms with van der Waals surface area (Å²) < 4.78 is 0. The van der Waals surface area contributed by atoms with E-state index < -0.39 is 5.38 Å². The second-order valence-corrected chi connectivity index (χ2v) is 6.36. The van der Waals surface area contributed by atoms with Crippen LogP contribution in [0, 0.1) is 6.92 Å². The van der Waals surface area contributed by atoms with Crippen molar-refractivity contribution in [2.75, 3.05) is 26.2 Å². The standard InChI is InChI=1S/C16H23ClN2O2/c1-12-3-5-14(6-4-12)9-18-7-8-19(15(10-18)11-20)16(21)13(2)17/h3-6,13,15,20H,7-11H2,1-2H3/t13-,15-/m0/s1. The van der Waals surface area contributed by atoms with Crippen LogP contribution in [0.2, 0.25) is 0 Å². The molecule has 21 heavy (non-hydrogen) atoms. The van der Waals surface area contributed by atoms with Gasteiger partial charge in [-0.3, -0.25) is 9.69 Å². The summed E-state index contributed by atoms with van der Waals surface area (Å²) in [5.74, 6) is -0.0919. The molecule has 0 unspecified atom stereocenters. The Morgan fingerprint density at radius 1 is 1.38 bits per heavy atom. The number of carbonyl (C=O) groups excluding carboxylic acids is 1. The lowest BCUT2D eigenvalue weighted by Gasteiger charge is -2.41. The number of aliphatic hydroxyl groups is 1. The molecule has 5 heteroatoms. The van der Waals surface area contributed by atoms with E-state index in [1.165, 1.54) is 11.1 Å². The van der Waals surface area contributed by atoms with Crippen molar-refractivity contribution in [2.45, 2.75) is 31.8 Å². The number of hydrogen-bond donors (Lipinski definition) is 1. The van der Waals surface area contributed by atoms with Crippen molar-refractivity contribution in [1.82, 2.24) is 9.80 Å². The van der Waals surface area contributed by atoms with Gasteiger partial charge < -0.3 is 10.0 Å². The first-order valence-corrected chi connectivity index (χ1v) is 7.78. The number of aryl methyl sites for hydroxylation is 1. The van der Waals surface area contributed by atoms with E-state index in [1.807, 2.05) is 0 Å². The zero-order valence-electron chi connectivity index (χ0n) is 12.6. The van der Waals surface area contributed by atoms with Crippen molar-refractivity contribution in [3.63, 3.8) is 0 Å². The number of nitrogens with zero attached hydrogens (tertiary/aromatic N) is 2. The molecule has 1 N–H and O–H groups in total. The molecule has 0 aliphatic carbocycles. The fourth-order valence-electron chi connectivity index (χ4n) is 2.69. The van der Waals surface area contributed by atoms with Crippen LogP contribution in [0.15, 0.2) is 24.3 Å². The third-order valence-electron chi connectivity index (χ3n) is 3.93. The normalized spacial score (nSPS) is 21.3. The molecule has 1 fully saturated rings. The molecule has 1 heterocycles. The molecular formula is C16H23ClN2O2. The van der Waals surface area contributed by atoms with Gasteiger partial charge in [-0.2, -0.15) is 0 Å². The van der Waals surface area contributed by atoms with Crippen LogP contribution in [-0.4, -0.2) is 58.5 Å². The highest BCUT2D eigenvalue weighted by atomic mass is 35.5. The predicted octanol–water partition coefficient (Wildman–Crippen LogP) is 1.63. The van der Waals surface area contributed by atoms with Crippen molar-refractivity contribution in [2.24, 2.45) is 0 Å². The third kappa shape index (κ3) is 4.19. The highest BCUT2D eigenvalue weighted by Crippen LogP contribution is 2.16. The molecule has 116 valence electrons. The Hall–Kier alpha value is -1.10. The first kappa shape index (κ1) is 16.3. The summed E-state index contributed by atoms with van der Waals surface area (Å²) in [7, 11) is 0. The number of piperazine rings is 1. The quantitative estimate of drug-likeness (QED) is 0.860. The SMILES string of the molecule is Cc1ccc(CN2CCN(C(=O)[C@H](C)Cl)[C@H](CO)C2)cc1. The number of rotatable bonds is 4. The molecule has 4 nitrogen and oxygen atoms in total. The molecule has 2 rings (SSSR count). The van der Waals surface area contributed by atoms with Crippen molar-refractivity contribution >= 4 is 17.5 Å². The van der Waals surface area contributed by atoms with Gasteiger partial charge in [0.1, 0.15) is 5.38 Å². The molecule has 1 aromatic carbocycles. The molecule has 0 spiro atoms. The molecule has 1 aliphatic rings. The summed E-state index contributed by atoms with van der Waals surface area (Å²) in [5.41, 5.74) is 2.50. The van der Waals surface area contributed by atoms with Crippen molar-refractivity contribution in [1.29, 1.82) is 0 Å². The van der Waals surface area contributed by atoms with E-state index in [-0.39, 0.29) is 18.6 Å². The molecule has 0 aromatic heterocycles. The van der Waals surface area contributed by atoms with Gasteiger partial charge in [-0.15, -0.1) is 11.6 Å². The Labute approximate surface area is 131 Å². The van der Waals surface area contributed by atoms with Gasteiger partial charge in [0.05, 0.1) is 12.6 Å². The van der Waals surface area contributed by atoms with Crippen LogP contribution in [0.25, 0.3) is 0 Å². The van der Waals surface area contributed by atoms with Crippen molar-refractivity contribution < 1.29 is 9.90 Å². The van der Waals surface area contributed by atoms with Crippen molar-refractivity contribution in [3.05, 3.63) is 35.4 Å². The largest absolute Gasteiger partial charge is 0.394 e. The minimum Gasteiger partial charge on any atom is -0.394 e. The summed E-state index contributed by atoms with van der Waals surface area (Å²) in [6.07, 6.45) is 0. The predicted molar refractivity (Wildman–Crippen MR) is 84.4 cm³/mol. The number of halogens is 1. The van der Waals surface area contributed by atoms with Gasteiger partial charge in [0.25, 0.3) is 0 Å². The second kappa shape index (κ2) is 7.25. The average molecular weight is 311 g/mol. The number of hydrogen-bond acceptors (Lipinski definition) is 3. The van der Waals surface area contributed by atoms with Gasteiger partial charge in [0, 0.05) is 26.2 Å². The molecule has 1 saturated heterocycles. The minimum absolute atomic E-state index is 0.0280. The summed E-state index contributed by atoms with van der Waals surface area (Å²) >= 11 is 5.88. The average Bonchev–Trinajstić information content (AvgIpc) is 2.48. The van der Waals surface area contributed by atoms with Crippen LogP contribution in [0.4, 0.5) is 0 Å². The van der Waals surface area contributed by atoms with E-state index in [4.69, 9.17) is 11.6 Å². The number of amides is 1. The zero-order valence-corrected chi connectivity index (χ0v) is 13.4. The number of carbonyl (C=O) groups is 1. The maximum absolute atomic E-state index is 12.0. The fraction of sp³-hybridized carbons (Fsp3) is 0.562. The fourth-order valence-corrected chi connectivity index (χ4v) is 2.82. The lowest BCUT2D eigenvalue weighted by atomic mass is 10.1. The molecule has 0 radical (unpaired) electrons. The van der Waals surface area contributed by atoms with E-state index >= 15 is 0 Å². The smallest absolute Gasteiger partial charge is 0.240 e. The molecule has 0 bridgehead atoms. The first-order chi connectivity index (χ1) is 10.0.